The Bertz CT molecular complexity index is 536. The Hall–Kier alpha value is -1.89. The normalized spacial score (nSPS) is 25.2. The molecule has 0 amide bonds. The molecule has 0 bridgehead atoms. The van der Waals surface area contributed by atoms with Crippen molar-refractivity contribution in [3.63, 3.8) is 0 Å². The van der Waals surface area contributed by atoms with Crippen molar-refractivity contribution < 1.29 is 4.74 Å². The largest absolute Gasteiger partial charge is 0.381 e. The first kappa shape index (κ1) is 17.9. The van der Waals surface area contributed by atoms with Gasteiger partial charge in [-0.1, -0.05) is 0 Å². The molecule has 0 aromatic carbocycles. The van der Waals surface area contributed by atoms with Crippen molar-refractivity contribution in [2.75, 3.05) is 44.7 Å². The summed E-state index contributed by atoms with van der Waals surface area (Å²) in [7, 11) is 1.82. The molecule has 2 heterocycles. The van der Waals surface area contributed by atoms with E-state index >= 15 is 0 Å². The molecule has 0 unspecified atom stereocenters. The highest BCUT2D eigenvalue weighted by Gasteiger charge is 2.21. The van der Waals surface area contributed by atoms with Crippen molar-refractivity contribution in [3.05, 3.63) is 18.5 Å². The van der Waals surface area contributed by atoms with E-state index in [0.717, 1.165) is 51.0 Å². The minimum atomic E-state index is 0.467. The Morgan fingerprint density at radius 2 is 1.84 bits per heavy atom. The van der Waals surface area contributed by atoms with Crippen LogP contribution in [0.15, 0.2) is 23.5 Å². The summed E-state index contributed by atoms with van der Waals surface area (Å²) in [5.41, 5.74) is 6.20. The van der Waals surface area contributed by atoms with Gasteiger partial charge >= 0.3 is 0 Å². The Balaban J connectivity index is 1.39. The lowest BCUT2D eigenvalue weighted by Crippen LogP contribution is -2.51. The van der Waals surface area contributed by atoms with E-state index in [-0.39, 0.29) is 0 Å². The molecule has 0 atom stereocenters. The lowest BCUT2D eigenvalue weighted by molar-refractivity contribution is 0.0559. The van der Waals surface area contributed by atoms with Gasteiger partial charge in [-0.25, -0.2) is 9.97 Å². The van der Waals surface area contributed by atoms with E-state index < -0.39 is 0 Å². The molecule has 1 saturated heterocycles. The van der Waals surface area contributed by atoms with E-state index in [9.17, 15) is 0 Å². The number of hydrogen-bond acceptors (Lipinski definition) is 5. The van der Waals surface area contributed by atoms with Gasteiger partial charge < -0.3 is 20.3 Å². The van der Waals surface area contributed by atoms with E-state index in [1.165, 1.54) is 25.7 Å². The van der Waals surface area contributed by atoms with Crippen molar-refractivity contribution in [2.24, 2.45) is 16.6 Å². The molecule has 138 valence electrons. The molecule has 2 fully saturated rings. The van der Waals surface area contributed by atoms with Crippen LogP contribution >= 0.6 is 0 Å². The number of anilines is 1. The summed E-state index contributed by atoms with van der Waals surface area (Å²) in [5, 5.41) is 0. The first-order chi connectivity index (χ1) is 12.3. The lowest BCUT2D eigenvalue weighted by Gasteiger charge is -2.35. The summed E-state index contributed by atoms with van der Waals surface area (Å²) in [6.45, 7) is 4.32. The second-order valence-electron chi connectivity index (χ2n) is 6.93. The number of ether oxygens (including phenoxy) is 1. The van der Waals surface area contributed by atoms with Gasteiger partial charge in [0.05, 0.1) is 6.10 Å². The minimum Gasteiger partial charge on any atom is -0.381 e. The standard InChI is InChI=1S/C18H30N6O/c1-25-16-5-3-15(4-6-16)7-10-20-17(19)23-11-13-24(14-12-23)18-21-8-2-9-22-18/h2,8-9,15-16H,3-7,10-14H2,1H3,(H2,19,20). The molecule has 0 radical (unpaired) electrons. The van der Waals surface area contributed by atoms with Crippen LogP contribution in [0.1, 0.15) is 32.1 Å². The van der Waals surface area contributed by atoms with Crippen molar-refractivity contribution >= 4 is 11.9 Å². The maximum absolute atomic E-state index is 6.20. The first-order valence-corrected chi connectivity index (χ1v) is 9.36. The average Bonchev–Trinajstić information content (AvgIpc) is 2.69. The van der Waals surface area contributed by atoms with Crippen molar-refractivity contribution in [1.82, 2.24) is 14.9 Å². The van der Waals surface area contributed by atoms with Gasteiger partial charge in [-0.3, -0.25) is 4.99 Å². The predicted molar refractivity (Wildman–Crippen MR) is 99.7 cm³/mol. The topological polar surface area (TPSA) is 79.9 Å². The smallest absolute Gasteiger partial charge is 0.225 e. The highest BCUT2D eigenvalue weighted by molar-refractivity contribution is 5.78. The third kappa shape index (κ3) is 5.04. The molecular weight excluding hydrogens is 316 g/mol. The highest BCUT2D eigenvalue weighted by atomic mass is 16.5. The molecule has 1 aliphatic heterocycles. The van der Waals surface area contributed by atoms with Gasteiger partial charge in [0.25, 0.3) is 0 Å². The summed E-state index contributed by atoms with van der Waals surface area (Å²) in [5.74, 6) is 2.25. The SMILES string of the molecule is COC1CCC(CCN=C(N)N2CCN(c3ncccn3)CC2)CC1. The summed E-state index contributed by atoms with van der Waals surface area (Å²) < 4.78 is 5.44. The fraction of sp³-hybridized carbons (Fsp3) is 0.722. The number of guanidine groups is 1. The number of hydrogen-bond donors (Lipinski definition) is 1. The number of aromatic nitrogens is 2. The Morgan fingerprint density at radius 3 is 2.48 bits per heavy atom. The van der Waals surface area contributed by atoms with Crippen LogP contribution in [0.2, 0.25) is 0 Å². The Morgan fingerprint density at radius 1 is 1.16 bits per heavy atom. The van der Waals surface area contributed by atoms with Crippen LogP contribution in [0.25, 0.3) is 0 Å². The number of nitrogens with two attached hydrogens (primary N) is 1. The minimum absolute atomic E-state index is 0.467. The van der Waals surface area contributed by atoms with E-state index in [1.54, 1.807) is 12.4 Å². The average molecular weight is 346 g/mol. The molecule has 0 spiro atoms. The first-order valence-electron chi connectivity index (χ1n) is 9.36. The van der Waals surface area contributed by atoms with Crippen LogP contribution in [0.4, 0.5) is 5.95 Å². The monoisotopic (exact) mass is 346 g/mol. The van der Waals surface area contributed by atoms with Gasteiger partial charge in [0, 0.05) is 52.2 Å². The summed E-state index contributed by atoms with van der Waals surface area (Å²) in [4.78, 5) is 17.6. The second kappa shape index (κ2) is 8.99. The maximum atomic E-state index is 6.20. The van der Waals surface area contributed by atoms with Gasteiger partial charge in [0.2, 0.25) is 5.95 Å². The van der Waals surface area contributed by atoms with Crippen molar-refractivity contribution in [1.29, 1.82) is 0 Å². The third-order valence-corrected chi connectivity index (χ3v) is 5.38. The van der Waals surface area contributed by atoms with Crippen molar-refractivity contribution in [2.45, 2.75) is 38.2 Å². The molecule has 2 aliphatic rings. The van der Waals surface area contributed by atoms with Crippen LogP contribution in [0, 0.1) is 5.92 Å². The van der Waals surface area contributed by atoms with E-state index in [0.29, 0.717) is 12.1 Å². The van der Waals surface area contributed by atoms with Crippen LogP contribution in [0.5, 0.6) is 0 Å². The molecule has 3 rings (SSSR count). The predicted octanol–water partition coefficient (Wildman–Crippen LogP) is 1.51. The van der Waals surface area contributed by atoms with Crippen LogP contribution in [0.3, 0.4) is 0 Å². The number of piperazine rings is 1. The molecule has 1 aliphatic carbocycles. The molecule has 2 N–H and O–H groups in total. The lowest BCUT2D eigenvalue weighted by atomic mass is 9.85. The van der Waals surface area contributed by atoms with Gasteiger partial charge in [-0.05, 0) is 44.1 Å². The number of methoxy groups -OCH3 is 1. The van der Waals surface area contributed by atoms with E-state index in [2.05, 4.69) is 24.8 Å². The van der Waals surface area contributed by atoms with Gasteiger partial charge in [0.1, 0.15) is 0 Å². The maximum Gasteiger partial charge on any atom is 0.225 e. The molecule has 7 heteroatoms. The van der Waals surface area contributed by atoms with Crippen LogP contribution in [-0.2, 0) is 4.74 Å². The third-order valence-electron chi connectivity index (χ3n) is 5.38. The van der Waals surface area contributed by atoms with Gasteiger partial charge in [0.15, 0.2) is 5.96 Å². The quantitative estimate of drug-likeness (QED) is 0.643. The van der Waals surface area contributed by atoms with E-state index in [1.807, 2.05) is 13.2 Å². The Kier molecular flexibility index (Phi) is 6.44. The molecular formula is C18H30N6O. The number of aliphatic imine (C=N–C) groups is 1. The highest BCUT2D eigenvalue weighted by Crippen LogP contribution is 2.28. The number of rotatable bonds is 5. The zero-order valence-electron chi connectivity index (χ0n) is 15.2. The zero-order valence-corrected chi connectivity index (χ0v) is 15.2. The summed E-state index contributed by atoms with van der Waals surface area (Å²) in [6, 6.07) is 1.84. The van der Waals surface area contributed by atoms with Crippen LogP contribution < -0.4 is 10.6 Å². The van der Waals surface area contributed by atoms with E-state index in [4.69, 9.17) is 10.5 Å². The Labute approximate surface area is 150 Å². The number of nitrogens with zero attached hydrogens (tertiary/aromatic N) is 5. The van der Waals surface area contributed by atoms with Crippen molar-refractivity contribution in [3.8, 4) is 0 Å². The second-order valence-corrected chi connectivity index (χ2v) is 6.93. The molecule has 1 aromatic heterocycles. The fourth-order valence-electron chi connectivity index (χ4n) is 3.71. The summed E-state index contributed by atoms with van der Waals surface area (Å²) in [6.07, 6.45) is 10.0. The molecule has 1 aromatic rings. The van der Waals surface area contributed by atoms with Crippen LogP contribution in [-0.4, -0.2) is 66.8 Å². The zero-order chi connectivity index (χ0) is 17.5. The van der Waals surface area contributed by atoms with Gasteiger partial charge in [-0.15, -0.1) is 0 Å². The fourth-order valence-corrected chi connectivity index (χ4v) is 3.71. The molecule has 1 saturated carbocycles. The molecule has 7 nitrogen and oxygen atoms in total. The van der Waals surface area contributed by atoms with Gasteiger partial charge in [-0.2, -0.15) is 0 Å². The molecule has 25 heavy (non-hydrogen) atoms. The summed E-state index contributed by atoms with van der Waals surface area (Å²) >= 11 is 0.